The Hall–Kier alpha value is -1.71. The van der Waals surface area contributed by atoms with E-state index in [1.807, 2.05) is 13.0 Å². The Morgan fingerprint density at radius 1 is 1.44 bits per heavy atom. The van der Waals surface area contributed by atoms with Gasteiger partial charge in [0.2, 0.25) is 5.66 Å². The molecule has 5 nitrogen and oxygen atoms in total. The topological polar surface area (TPSA) is 68.1 Å². The Morgan fingerprint density at radius 2 is 2.11 bits per heavy atom. The van der Waals surface area contributed by atoms with Gasteiger partial charge in [-0.05, 0) is 13.0 Å². The van der Waals surface area contributed by atoms with Crippen LogP contribution in [0.4, 0.5) is 0 Å². The van der Waals surface area contributed by atoms with E-state index in [1.54, 1.807) is 12.1 Å². The van der Waals surface area contributed by atoms with E-state index in [2.05, 4.69) is 16.1 Å². The highest BCUT2D eigenvalue weighted by Crippen LogP contribution is 2.41. The molecular formula is C12H12N2O3S. The second-order valence-electron chi connectivity index (χ2n) is 4.16. The smallest absolute Gasteiger partial charge is 0.264 e. The summed E-state index contributed by atoms with van der Waals surface area (Å²) in [5.41, 5.74) is 1.39. The van der Waals surface area contributed by atoms with Gasteiger partial charge in [-0.25, -0.2) is 0 Å². The van der Waals surface area contributed by atoms with E-state index in [0.717, 1.165) is 11.8 Å². The quantitative estimate of drug-likeness (QED) is 0.615. The van der Waals surface area contributed by atoms with Gasteiger partial charge in [-0.15, -0.1) is 6.42 Å². The standard InChI is InChI=1S/C12H12N2O3S/c1-4-9-6-5-7-11(12(2)13-14-12)10(9)8-17-18(3,15)16/h1,5-7H,8H2,2-3H3. The van der Waals surface area contributed by atoms with E-state index in [9.17, 15) is 8.42 Å². The molecule has 0 saturated heterocycles. The zero-order chi connectivity index (χ0) is 13.4. The zero-order valence-electron chi connectivity index (χ0n) is 10.0. The summed E-state index contributed by atoms with van der Waals surface area (Å²) in [5, 5.41) is 7.87. The average molecular weight is 264 g/mol. The van der Waals surface area contributed by atoms with Gasteiger partial charge in [0, 0.05) is 16.7 Å². The van der Waals surface area contributed by atoms with Gasteiger partial charge in [0.05, 0.1) is 12.9 Å². The first kappa shape index (κ1) is 12.7. The van der Waals surface area contributed by atoms with Gasteiger partial charge in [0.15, 0.2) is 0 Å². The molecule has 18 heavy (non-hydrogen) atoms. The van der Waals surface area contributed by atoms with Crippen LogP contribution in [0.2, 0.25) is 0 Å². The summed E-state index contributed by atoms with van der Waals surface area (Å²) in [6.07, 6.45) is 6.41. The van der Waals surface area contributed by atoms with Crippen LogP contribution in [0.15, 0.2) is 28.4 Å². The third-order valence-electron chi connectivity index (χ3n) is 2.66. The molecule has 0 atom stereocenters. The molecule has 94 valence electrons. The van der Waals surface area contributed by atoms with E-state index < -0.39 is 15.8 Å². The Bertz CT molecular complexity index is 650. The Labute approximate surface area is 106 Å². The third-order valence-corrected chi connectivity index (χ3v) is 3.21. The van der Waals surface area contributed by atoms with E-state index in [4.69, 9.17) is 10.6 Å². The summed E-state index contributed by atoms with van der Waals surface area (Å²) in [4.78, 5) is 0. The molecule has 1 aliphatic heterocycles. The first-order valence-corrected chi connectivity index (χ1v) is 7.05. The third kappa shape index (κ3) is 2.58. The summed E-state index contributed by atoms with van der Waals surface area (Å²) >= 11 is 0. The second-order valence-corrected chi connectivity index (χ2v) is 5.81. The lowest BCUT2D eigenvalue weighted by Gasteiger charge is -2.13. The predicted molar refractivity (Wildman–Crippen MR) is 66.2 cm³/mol. The monoisotopic (exact) mass is 264 g/mol. The van der Waals surface area contributed by atoms with Crippen LogP contribution in [0.3, 0.4) is 0 Å². The van der Waals surface area contributed by atoms with Crippen molar-refractivity contribution >= 4 is 10.1 Å². The minimum absolute atomic E-state index is 0.102. The lowest BCUT2D eigenvalue weighted by Crippen LogP contribution is -2.11. The molecule has 1 aliphatic rings. The maximum Gasteiger partial charge on any atom is 0.264 e. The Kier molecular flexibility index (Phi) is 2.97. The van der Waals surface area contributed by atoms with Crippen LogP contribution in [0, 0.1) is 12.3 Å². The molecule has 0 amide bonds. The fraction of sp³-hybridized carbons (Fsp3) is 0.333. The minimum atomic E-state index is -3.52. The van der Waals surface area contributed by atoms with Crippen molar-refractivity contribution in [3.8, 4) is 12.3 Å². The first-order valence-electron chi connectivity index (χ1n) is 5.23. The number of rotatable bonds is 4. The summed E-state index contributed by atoms with van der Waals surface area (Å²) in [6, 6.07) is 5.35. The number of hydrogen-bond donors (Lipinski definition) is 0. The first-order chi connectivity index (χ1) is 8.36. The van der Waals surface area contributed by atoms with Crippen molar-refractivity contribution in [2.24, 2.45) is 10.2 Å². The van der Waals surface area contributed by atoms with Crippen LogP contribution in [-0.2, 0) is 26.6 Å². The van der Waals surface area contributed by atoms with Crippen molar-refractivity contribution in [3.05, 3.63) is 34.9 Å². The normalized spacial score (nSPS) is 16.3. The Morgan fingerprint density at radius 3 is 2.61 bits per heavy atom. The molecule has 0 saturated carbocycles. The molecular weight excluding hydrogens is 252 g/mol. The maximum atomic E-state index is 11.1. The fourth-order valence-corrected chi connectivity index (χ4v) is 2.00. The highest BCUT2D eigenvalue weighted by Gasteiger charge is 2.38. The molecule has 2 rings (SSSR count). The predicted octanol–water partition coefficient (Wildman–Crippen LogP) is 1.78. The van der Waals surface area contributed by atoms with E-state index in [-0.39, 0.29) is 6.61 Å². The van der Waals surface area contributed by atoms with Gasteiger partial charge in [0.25, 0.3) is 10.1 Å². The molecule has 0 N–H and O–H groups in total. The summed E-state index contributed by atoms with van der Waals surface area (Å²) in [6.45, 7) is 1.72. The largest absolute Gasteiger partial charge is 0.265 e. The molecule has 6 heteroatoms. The maximum absolute atomic E-state index is 11.1. The lowest BCUT2D eigenvalue weighted by atomic mass is 9.95. The lowest BCUT2D eigenvalue weighted by molar-refractivity contribution is 0.309. The van der Waals surface area contributed by atoms with Crippen molar-refractivity contribution in [3.63, 3.8) is 0 Å². The molecule has 0 aromatic heterocycles. The van der Waals surface area contributed by atoms with Crippen molar-refractivity contribution in [2.45, 2.75) is 19.2 Å². The van der Waals surface area contributed by atoms with Crippen molar-refractivity contribution in [2.75, 3.05) is 6.26 Å². The van der Waals surface area contributed by atoms with Crippen molar-refractivity contribution in [1.29, 1.82) is 0 Å². The molecule has 0 radical (unpaired) electrons. The van der Waals surface area contributed by atoms with Gasteiger partial charge in [-0.3, -0.25) is 4.18 Å². The average Bonchev–Trinajstić information content (AvgIpc) is 3.04. The molecule has 1 aromatic rings. The molecule has 1 aromatic carbocycles. The SMILES string of the molecule is C#Cc1cccc(C2(C)N=N2)c1COS(C)(=O)=O. The minimum Gasteiger partial charge on any atom is -0.265 e. The van der Waals surface area contributed by atoms with E-state index >= 15 is 0 Å². The van der Waals surface area contributed by atoms with Crippen LogP contribution >= 0.6 is 0 Å². The van der Waals surface area contributed by atoms with Crippen LogP contribution in [0.1, 0.15) is 23.6 Å². The van der Waals surface area contributed by atoms with Gasteiger partial charge in [0.1, 0.15) is 0 Å². The van der Waals surface area contributed by atoms with Crippen LogP contribution in [0.25, 0.3) is 0 Å². The number of terminal acetylenes is 1. The summed E-state index contributed by atoms with van der Waals surface area (Å²) in [5.74, 6) is 2.51. The molecule has 0 fully saturated rings. The molecule has 0 unspecified atom stereocenters. The highest BCUT2D eigenvalue weighted by molar-refractivity contribution is 7.85. The van der Waals surface area contributed by atoms with Crippen molar-refractivity contribution < 1.29 is 12.6 Å². The number of benzene rings is 1. The van der Waals surface area contributed by atoms with E-state index in [1.165, 1.54) is 0 Å². The highest BCUT2D eigenvalue weighted by atomic mass is 32.2. The Balaban J connectivity index is 2.40. The van der Waals surface area contributed by atoms with Gasteiger partial charge < -0.3 is 0 Å². The zero-order valence-corrected chi connectivity index (χ0v) is 10.9. The van der Waals surface area contributed by atoms with Gasteiger partial charge in [-0.2, -0.15) is 18.6 Å². The van der Waals surface area contributed by atoms with Crippen LogP contribution in [0.5, 0.6) is 0 Å². The molecule has 0 spiro atoms. The van der Waals surface area contributed by atoms with Crippen molar-refractivity contribution in [1.82, 2.24) is 0 Å². The fourth-order valence-electron chi connectivity index (χ4n) is 1.67. The van der Waals surface area contributed by atoms with Gasteiger partial charge >= 0.3 is 0 Å². The summed E-state index contributed by atoms with van der Waals surface area (Å²) < 4.78 is 26.9. The number of hydrogen-bond acceptors (Lipinski definition) is 5. The second kappa shape index (κ2) is 4.19. The van der Waals surface area contributed by atoms with E-state index in [0.29, 0.717) is 11.1 Å². The van der Waals surface area contributed by atoms with Crippen LogP contribution in [-0.4, -0.2) is 14.7 Å². The molecule has 1 heterocycles. The number of nitrogens with zero attached hydrogens (tertiary/aromatic N) is 2. The molecule has 0 bridgehead atoms. The van der Waals surface area contributed by atoms with Gasteiger partial charge in [-0.1, -0.05) is 18.1 Å². The van der Waals surface area contributed by atoms with Crippen LogP contribution < -0.4 is 0 Å². The summed E-state index contributed by atoms with van der Waals surface area (Å²) in [7, 11) is -3.52. The molecule has 0 aliphatic carbocycles.